The van der Waals surface area contributed by atoms with Gasteiger partial charge in [0.25, 0.3) is 5.91 Å². The number of hydrogen-bond acceptors (Lipinski definition) is 5. The zero-order valence-corrected chi connectivity index (χ0v) is 12.5. The molecule has 1 aliphatic rings. The molecule has 3 aromatic heterocycles. The first kappa shape index (κ1) is 13.7. The van der Waals surface area contributed by atoms with Gasteiger partial charge in [-0.15, -0.1) is 0 Å². The van der Waals surface area contributed by atoms with E-state index in [2.05, 4.69) is 9.97 Å². The van der Waals surface area contributed by atoms with Crippen LogP contribution in [0.4, 0.5) is 0 Å². The van der Waals surface area contributed by atoms with Crippen molar-refractivity contribution in [2.75, 3.05) is 13.1 Å². The highest BCUT2D eigenvalue weighted by Crippen LogP contribution is 2.24. The number of hydrogen-bond donors (Lipinski definition) is 0. The van der Waals surface area contributed by atoms with E-state index in [1.54, 1.807) is 28.8 Å². The van der Waals surface area contributed by atoms with E-state index in [-0.39, 0.29) is 17.6 Å². The van der Waals surface area contributed by atoms with E-state index in [1.165, 1.54) is 23.4 Å². The van der Waals surface area contributed by atoms with Gasteiger partial charge < -0.3 is 9.32 Å². The molecule has 0 spiro atoms. The van der Waals surface area contributed by atoms with E-state index >= 15 is 0 Å². The Hall–Kier alpha value is -2.90. The van der Waals surface area contributed by atoms with E-state index in [0.29, 0.717) is 36.2 Å². The average Bonchev–Trinajstić information content (AvgIpc) is 3.29. The van der Waals surface area contributed by atoms with Gasteiger partial charge in [-0.05, 0) is 12.5 Å². The zero-order valence-electron chi connectivity index (χ0n) is 12.5. The average molecular weight is 313 g/mol. The zero-order chi connectivity index (χ0) is 16.0. The van der Waals surface area contributed by atoms with Crippen molar-refractivity contribution in [3.05, 3.63) is 47.2 Å². The molecule has 1 atom stereocenters. The Balaban J connectivity index is 1.67. The van der Waals surface area contributed by atoms with E-state index in [4.69, 9.17) is 4.42 Å². The molecule has 0 N–H and O–H groups in total. The number of carbonyl (C=O) groups excluding carboxylic acids is 1. The standard InChI is InChI=1S/C15H15N5O3/c1-18-12-6-16-9-17-13(12)20(15(18)22)11-2-4-19(7-11)14(21)10-3-5-23-8-10/h3,5-6,8-9,11H,2,4,7H2,1H3. The molecule has 1 saturated heterocycles. The molecule has 0 aromatic carbocycles. The lowest BCUT2D eigenvalue weighted by Crippen LogP contribution is -2.31. The number of furan rings is 1. The van der Waals surface area contributed by atoms with Crippen LogP contribution in [0.1, 0.15) is 22.8 Å². The SMILES string of the molecule is Cn1c(=O)n(C2CCN(C(=O)c3ccoc3)C2)c2ncncc21. The number of aryl methyl sites for hydroxylation is 1. The summed E-state index contributed by atoms with van der Waals surface area (Å²) >= 11 is 0. The predicted octanol–water partition coefficient (Wildman–Crippen LogP) is 0.810. The molecule has 1 unspecified atom stereocenters. The summed E-state index contributed by atoms with van der Waals surface area (Å²) < 4.78 is 8.17. The molecule has 0 aliphatic carbocycles. The number of amides is 1. The monoisotopic (exact) mass is 313 g/mol. The molecule has 1 fully saturated rings. The van der Waals surface area contributed by atoms with Gasteiger partial charge in [0.1, 0.15) is 18.1 Å². The van der Waals surface area contributed by atoms with Crippen molar-refractivity contribution in [2.45, 2.75) is 12.5 Å². The molecule has 1 amide bonds. The Morgan fingerprint density at radius 1 is 1.43 bits per heavy atom. The Bertz CT molecular complexity index is 924. The van der Waals surface area contributed by atoms with Crippen molar-refractivity contribution in [3.63, 3.8) is 0 Å². The number of carbonyl (C=O) groups is 1. The van der Waals surface area contributed by atoms with Crippen molar-refractivity contribution in [1.29, 1.82) is 0 Å². The van der Waals surface area contributed by atoms with Crippen molar-refractivity contribution in [3.8, 4) is 0 Å². The number of rotatable bonds is 2. The molecular weight excluding hydrogens is 298 g/mol. The summed E-state index contributed by atoms with van der Waals surface area (Å²) in [6, 6.07) is 1.56. The normalized spacial score (nSPS) is 18.0. The van der Waals surface area contributed by atoms with Crippen LogP contribution in [0.15, 0.2) is 40.3 Å². The van der Waals surface area contributed by atoms with Gasteiger partial charge in [0, 0.05) is 20.1 Å². The smallest absolute Gasteiger partial charge is 0.330 e. The lowest BCUT2D eigenvalue weighted by molar-refractivity contribution is 0.0787. The first-order valence-corrected chi connectivity index (χ1v) is 7.35. The third-order valence-electron chi connectivity index (χ3n) is 4.34. The van der Waals surface area contributed by atoms with Crippen LogP contribution < -0.4 is 5.69 Å². The Morgan fingerprint density at radius 2 is 2.30 bits per heavy atom. The fraction of sp³-hybridized carbons (Fsp3) is 0.333. The first-order valence-electron chi connectivity index (χ1n) is 7.35. The van der Waals surface area contributed by atoms with E-state index in [0.717, 1.165) is 0 Å². The van der Waals surface area contributed by atoms with Crippen molar-refractivity contribution in [1.82, 2.24) is 24.0 Å². The fourth-order valence-electron chi connectivity index (χ4n) is 3.13. The van der Waals surface area contributed by atoms with Gasteiger partial charge in [0.2, 0.25) is 0 Å². The van der Waals surface area contributed by atoms with Gasteiger partial charge >= 0.3 is 5.69 Å². The third-order valence-corrected chi connectivity index (χ3v) is 4.34. The van der Waals surface area contributed by atoms with E-state index in [9.17, 15) is 9.59 Å². The minimum atomic E-state index is -0.136. The molecule has 0 radical (unpaired) electrons. The van der Waals surface area contributed by atoms with Gasteiger partial charge in [-0.25, -0.2) is 14.8 Å². The highest BCUT2D eigenvalue weighted by atomic mass is 16.3. The molecule has 1 aliphatic heterocycles. The van der Waals surface area contributed by atoms with Crippen molar-refractivity contribution in [2.24, 2.45) is 7.05 Å². The summed E-state index contributed by atoms with van der Waals surface area (Å²) in [5.41, 5.74) is 1.69. The van der Waals surface area contributed by atoms with Crippen LogP contribution in [0.2, 0.25) is 0 Å². The molecule has 4 heterocycles. The maximum Gasteiger partial charge on any atom is 0.330 e. The fourth-order valence-corrected chi connectivity index (χ4v) is 3.13. The minimum absolute atomic E-state index is 0.0795. The van der Waals surface area contributed by atoms with Gasteiger partial charge in [0.05, 0.1) is 24.1 Å². The summed E-state index contributed by atoms with van der Waals surface area (Å²) in [5, 5.41) is 0. The molecule has 3 aromatic rings. The second kappa shape index (κ2) is 5.08. The van der Waals surface area contributed by atoms with E-state index < -0.39 is 0 Å². The second-order valence-electron chi connectivity index (χ2n) is 5.65. The lowest BCUT2D eigenvalue weighted by atomic mass is 10.2. The summed E-state index contributed by atoms with van der Waals surface area (Å²) in [5.74, 6) is -0.0795. The first-order chi connectivity index (χ1) is 11.2. The molecule has 4 rings (SSSR count). The van der Waals surface area contributed by atoms with Crippen LogP contribution in [-0.4, -0.2) is 43.0 Å². The van der Waals surface area contributed by atoms with Gasteiger partial charge in [-0.2, -0.15) is 0 Å². The van der Waals surface area contributed by atoms with Gasteiger partial charge in [0.15, 0.2) is 5.65 Å². The number of nitrogens with zero attached hydrogens (tertiary/aromatic N) is 5. The molecule has 118 valence electrons. The molecule has 0 saturated carbocycles. The summed E-state index contributed by atoms with van der Waals surface area (Å²) in [6.07, 6.45) is 6.69. The number of likely N-dealkylation sites (tertiary alicyclic amines) is 1. The quantitative estimate of drug-likeness (QED) is 0.699. The van der Waals surface area contributed by atoms with Crippen molar-refractivity contribution < 1.29 is 9.21 Å². The maximum absolute atomic E-state index is 12.5. The Kier molecular flexibility index (Phi) is 3.03. The van der Waals surface area contributed by atoms with Crippen LogP contribution in [-0.2, 0) is 7.05 Å². The summed E-state index contributed by atoms with van der Waals surface area (Å²) in [7, 11) is 1.70. The molecule has 8 heteroatoms. The van der Waals surface area contributed by atoms with Crippen LogP contribution in [0, 0.1) is 0 Å². The van der Waals surface area contributed by atoms with E-state index in [1.807, 2.05) is 0 Å². The molecule has 0 bridgehead atoms. The summed E-state index contributed by atoms with van der Waals surface area (Å²) in [6.45, 7) is 1.08. The molecule has 23 heavy (non-hydrogen) atoms. The molecular formula is C15H15N5O3. The van der Waals surface area contributed by atoms with Crippen LogP contribution in [0.5, 0.6) is 0 Å². The topological polar surface area (TPSA) is 86.2 Å². The lowest BCUT2D eigenvalue weighted by Gasteiger charge is -2.16. The predicted molar refractivity (Wildman–Crippen MR) is 81.0 cm³/mol. The maximum atomic E-state index is 12.5. The van der Waals surface area contributed by atoms with Gasteiger partial charge in [-0.3, -0.25) is 13.9 Å². The second-order valence-corrected chi connectivity index (χ2v) is 5.65. The largest absolute Gasteiger partial charge is 0.472 e. The van der Waals surface area contributed by atoms with Crippen molar-refractivity contribution >= 4 is 17.1 Å². The highest BCUT2D eigenvalue weighted by molar-refractivity contribution is 5.94. The minimum Gasteiger partial charge on any atom is -0.472 e. The van der Waals surface area contributed by atoms with Crippen LogP contribution >= 0.6 is 0 Å². The molecule has 8 nitrogen and oxygen atoms in total. The summed E-state index contributed by atoms with van der Waals surface area (Å²) in [4.78, 5) is 34.9. The number of aromatic nitrogens is 4. The Labute approximate surface area is 131 Å². The van der Waals surface area contributed by atoms with Crippen LogP contribution in [0.25, 0.3) is 11.2 Å². The number of fused-ring (bicyclic) bond motifs is 1. The number of imidazole rings is 1. The Morgan fingerprint density at radius 3 is 3.09 bits per heavy atom. The van der Waals surface area contributed by atoms with Crippen LogP contribution in [0.3, 0.4) is 0 Å². The third kappa shape index (κ3) is 2.06. The highest BCUT2D eigenvalue weighted by Gasteiger charge is 2.31. The van der Waals surface area contributed by atoms with Gasteiger partial charge in [-0.1, -0.05) is 0 Å².